The molecule has 0 saturated carbocycles. The van der Waals surface area contributed by atoms with Gasteiger partial charge in [-0.3, -0.25) is 4.68 Å². The summed E-state index contributed by atoms with van der Waals surface area (Å²) in [5.41, 5.74) is 3.02. The molecule has 0 radical (unpaired) electrons. The summed E-state index contributed by atoms with van der Waals surface area (Å²) in [5, 5.41) is 7.66. The van der Waals surface area contributed by atoms with E-state index in [1.54, 1.807) is 12.3 Å². The van der Waals surface area contributed by atoms with Gasteiger partial charge in [-0.1, -0.05) is 13.0 Å². The number of nitrogens with one attached hydrogen (secondary N) is 1. The molecule has 20 heavy (non-hydrogen) atoms. The first-order valence-corrected chi connectivity index (χ1v) is 7.52. The first kappa shape index (κ1) is 15.2. The fraction of sp³-hybridized carbons (Fsp3) is 0.400. The van der Waals surface area contributed by atoms with Gasteiger partial charge in [0.05, 0.1) is 22.4 Å². The normalized spacial score (nSPS) is 12.7. The van der Waals surface area contributed by atoms with Crippen molar-refractivity contribution < 1.29 is 4.39 Å². The van der Waals surface area contributed by atoms with Crippen LogP contribution in [0.4, 0.5) is 4.39 Å². The summed E-state index contributed by atoms with van der Waals surface area (Å²) in [7, 11) is 1.88. The van der Waals surface area contributed by atoms with E-state index in [-0.39, 0.29) is 11.9 Å². The number of nitrogens with zero attached hydrogens (tertiary/aromatic N) is 2. The van der Waals surface area contributed by atoms with Crippen molar-refractivity contribution in [1.82, 2.24) is 15.1 Å². The van der Waals surface area contributed by atoms with E-state index in [2.05, 4.69) is 33.3 Å². The number of halogens is 2. The second kappa shape index (κ2) is 6.50. The van der Waals surface area contributed by atoms with Crippen LogP contribution in [-0.4, -0.2) is 16.8 Å². The minimum absolute atomic E-state index is 0.0888. The molecule has 5 heteroatoms. The van der Waals surface area contributed by atoms with Crippen LogP contribution >= 0.6 is 15.9 Å². The summed E-state index contributed by atoms with van der Waals surface area (Å²) in [6, 6.07) is 4.80. The van der Waals surface area contributed by atoms with Crippen LogP contribution in [0.1, 0.15) is 36.2 Å². The lowest BCUT2D eigenvalue weighted by atomic mass is 9.98. The SMILES string of the molecule is CCCn1ncc(Br)c1C(NC)c1cc(F)ccc1C. The van der Waals surface area contributed by atoms with Crippen LogP contribution in [0, 0.1) is 12.7 Å². The van der Waals surface area contributed by atoms with Crippen molar-refractivity contribution in [3.8, 4) is 0 Å². The van der Waals surface area contributed by atoms with Crippen molar-refractivity contribution in [2.24, 2.45) is 0 Å². The molecule has 2 rings (SSSR count). The summed E-state index contributed by atoms with van der Waals surface area (Å²) < 4.78 is 16.5. The molecule has 1 unspecified atom stereocenters. The highest BCUT2D eigenvalue weighted by atomic mass is 79.9. The molecule has 108 valence electrons. The molecular weight excluding hydrogens is 321 g/mol. The maximum absolute atomic E-state index is 13.6. The van der Waals surface area contributed by atoms with Gasteiger partial charge in [-0.25, -0.2) is 4.39 Å². The van der Waals surface area contributed by atoms with Crippen molar-refractivity contribution in [3.05, 3.63) is 51.5 Å². The van der Waals surface area contributed by atoms with Gasteiger partial charge in [0, 0.05) is 6.54 Å². The van der Waals surface area contributed by atoms with Crippen LogP contribution in [-0.2, 0) is 6.54 Å². The molecule has 0 aliphatic rings. The number of benzene rings is 1. The van der Waals surface area contributed by atoms with E-state index in [0.717, 1.165) is 34.3 Å². The van der Waals surface area contributed by atoms with Gasteiger partial charge in [0.2, 0.25) is 0 Å². The molecule has 0 fully saturated rings. The molecule has 0 saturated heterocycles. The van der Waals surface area contributed by atoms with Gasteiger partial charge < -0.3 is 5.32 Å². The minimum atomic E-state index is -0.219. The maximum Gasteiger partial charge on any atom is 0.123 e. The molecule has 2 aromatic rings. The molecule has 1 aromatic heterocycles. The van der Waals surface area contributed by atoms with Crippen LogP contribution in [0.15, 0.2) is 28.9 Å². The molecule has 1 heterocycles. The van der Waals surface area contributed by atoms with Gasteiger partial charge in [0.1, 0.15) is 5.82 Å². The Hall–Kier alpha value is -1.20. The molecule has 0 aliphatic carbocycles. The molecule has 1 atom stereocenters. The number of aromatic nitrogens is 2. The molecule has 0 spiro atoms. The third-order valence-electron chi connectivity index (χ3n) is 3.38. The van der Waals surface area contributed by atoms with E-state index in [0.29, 0.717) is 0 Å². The number of hydrogen-bond donors (Lipinski definition) is 1. The molecule has 0 aliphatic heterocycles. The van der Waals surface area contributed by atoms with Crippen molar-refractivity contribution in [2.75, 3.05) is 7.05 Å². The van der Waals surface area contributed by atoms with Gasteiger partial charge in [0.15, 0.2) is 0 Å². The average Bonchev–Trinajstić information content (AvgIpc) is 2.77. The number of rotatable bonds is 5. The van der Waals surface area contributed by atoms with Gasteiger partial charge in [-0.2, -0.15) is 5.10 Å². The second-order valence-corrected chi connectivity index (χ2v) is 5.68. The molecule has 0 bridgehead atoms. The molecule has 0 amide bonds. The zero-order valence-corrected chi connectivity index (χ0v) is 13.5. The van der Waals surface area contributed by atoms with Gasteiger partial charge in [0.25, 0.3) is 0 Å². The highest BCUT2D eigenvalue weighted by molar-refractivity contribution is 9.10. The Morgan fingerprint density at radius 2 is 2.20 bits per heavy atom. The number of hydrogen-bond acceptors (Lipinski definition) is 2. The van der Waals surface area contributed by atoms with Crippen LogP contribution < -0.4 is 5.32 Å². The van der Waals surface area contributed by atoms with E-state index < -0.39 is 0 Å². The van der Waals surface area contributed by atoms with E-state index in [1.165, 1.54) is 6.07 Å². The monoisotopic (exact) mass is 339 g/mol. The van der Waals surface area contributed by atoms with E-state index >= 15 is 0 Å². The molecule has 3 nitrogen and oxygen atoms in total. The Bertz CT molecular complexity index is 595. The van der Waals surface area contributed by atoms with Crippen molar-refractivity contribution in [2.45, 2.75) is 32.9 Å². The third-order valence-corrected chi connectivity index (χ3v) is 3.99. The predicted molar refractivity (Wildman–Crippen MR) is 82.3 cm³/mol. The minimum Gasteiger partial charge on any atom is -0.308 e. The highest BCUT2D eigenvalue weighted by Crippen LogP contribution is 2.30. The van der Waals surface area contributed by atoms with Crippen LogP contribution in [0.3, 0.4) is 0 Å². The summed E-state index contributed by atoms with van der Waals surface area (Å²) in [4.78, 5) is 0. The quantitative estimate of drug-likeness (QED) is 0.897. The van der Waals surface area contributed by atoms with E-state index in [1.807, 2.05) is 24.7 Å². The van der Waals surface area contributed by atoms with Crippen molar-refractivity contribution in [3.63, 3.8) is 0 Å². The number of aryl methyl sites for hydroxylation is 2. The summed E-state index contributed by atoms with van der Waals surface area (Å²) in [5.74, 6) is -0.219. The first-order valence-electron chi connectivity index (χ1n) is 6.73. The Labute approximate surface area is 127 Å². The Morgan fingerprint density at radius 3 is 2.85 bits per heavy atom. The Morgan fingerprint density at radius 1 is 1.45 bits per heavy atom. The zero-order valence-electron chi connectivity index (χ0n) is 12.0. The Kier molecular flexibility index (Phi) is 4.94. The van der Waals surface area contributed by atoms with Gasteiger partial charge >= 0.3 is 0 Å². The van der Waals surface area contributed by atoms with E-state index in [4.69, 9.17) is 0 Å². The fourth-order valence-electron chi connectivity index (χ4n) is 2.41. The van der Waals surface area contributed by atoms with Gasteiger partial charge in [-0.15, -0.1) is 0 Å². The third kappa shape index (κ3) is 2.94. The van der Waals surface area contributed by atoms with Crippen LogP contribution in [0.2, 0.25) is 0 Å². The van der Waals surface area contributed by atoms with Crippen molar-refractivity contribution >= 4 is 15.9 Å². The summed E-state index contributed by atoms with van der Waals surface area (Å²) in [6.07, 6.45) is 2.80. The van der Waals surface area contributed by atoms with Gasteiger partial charge in [-0.05, 0) is 59.6 Å². The lowest BCUT2D eigenvalue weighted by Gasteiger charge is -2.21. The Balaban J connectivity index is 2.52. The maximum atomic E-state index is 13.6. The van der Waals surface area contributed by atoms with Crippen LogP contribution in [0.25, 0.3) is 0 Å². The van der Waals surface area contributed by atoms with Crippen LogP contribution in [0.5, 0.6) is 0 Å². The average molecular weight is 340 g/mol. The summed E-state index contributed by atoms with van der Waals surface area (Å²) >= 11 is 3.55. The molecular formula is C15H19BrFN3. The predicted octanol–water partition coefficient (Wildman–Crippen LogP) is 3.81. The topological polar surface area (TPSA) is 29.9 Å². The van der Waals surface area contributed by atoms with Crippen molar-refractivity contribution in [1.29, 1.82) is 0 Å². The fourth-order valence-corrected chi connectivity index (χ4v) is 2.94. The molecule has 1 aromatic carbocycles. The first-order chi connectivity index (χ1) is 9.58. The molecule has 1 N–H and O–H groups in total. The van der Waals surface area contributed by atoms with E-state index in [9.17, 15) is 4.39 Å². The highest BCUT2D eigenvalue weighted by Gasteiger charge is 2.22. The lowest BCUT2D eigenvalue weighted by Crippen LogP contribution is -2.23. The zero-order chi connectivity index (χ0) is 14.7. The summed E-state index contributed by atoms with van der Waals surface area (Å²) in [6.45, 7) is 4.95. The second-order valence-electron chi connectivity index (χ2n) is 4.82. The standard InChI is InChI=1S/C15H19BrFN3/c1-4-7-20-15(13(16)9-19-20)14(18-3)12-8-11(17)6-5-10(12)2/h5-6,8-9,14,18H,4,7H2,1-3H3. The lowest BCUT2D eigenvalue weighted by molar-refractivity contribution is 0.530. The smallest absolute Gasteiger partial charge is 0.123 e. The largest absolute Gasteiger partial charge is 0.308 e.